The van der Waals surface area contributed by atoms with Gasteiger partial charge in [0.05, 0.1) is 11.2 Å². The molecule has 0 atom stereocenters. The van der Waals surface area contributed by atoms with E-state index in [-0.39, 0.29) is 11.2 Å². The first-order valence-electron chi connectivity index (χ1n) is 5.54. The van der Waals surface area contributed by atoms with E-state index in [1.165, 1.54) is 12.8 Å². The van der Waals surface area contributed by atoms with Crippen LogP contribution in [0.15, 0.2) is 0 Å². The van der Waals surface area contributed by atoms with Gasteiger partial charge in [0.2, 0.25) is 0 Å². The summed E-state index contributed by atoms with van der Waals surface area (Å²) in [5, 5.41) is 0. The van der Waals surface area contributed by atoms with Gasteiger partial charge in [-0.2, -0.15) is 0 Å². The zero-order valence-corrected chi connectivity index (χ0v) is 10.2. The quantitative estimate of drug-likeness (QED) is 0.697. The molecule has 1 saturated carbocycles. The number of methoxy groups -OCH3 is 2. The fourth-order valence-corrected chi connectivity index (χ4v) is 2.29. The van der Waals surface area contributed by atoms with E-state index in [9.17, 15) is 0 Å². The van der Waals surface area contributed by atoms with Crippen molar-refractivity contribution in [1.82, 2.24) is 0 Å². The summed E-state index contributed by atoms with van der Waals surface area (Å²) in [7, 11) is 3.63. The molecule has 0 amide bonds. The van der Waals surface area contributed by atoms with Crippen molar-refractivity contribution < 1.29 is 9.47 Å². The van der Waals surface area contributed by atoms with E-state index in [2.05, 4.69) is 20.8 Å². The molecule has 0 saturated heterocycles. The molecule has 0 aromatic carbocycles. The lowest BCUT2D eigenvalue weighted by molar-refractivity contribution is -0.0856. The molecular weight excluding hydrogens is 176 g/mol. The fraction of sp³-hybridized carbons (Fsp3) is 1.00. The Morgan fingerprint density at radius 1 is 1.14 bits per heavy atom. The smallest absolute Gasteiger partial charge is 0.0651 e. The molecule has 14 heavy (non-hydrogen) atoms. The minimum atomic E-state index is 0.0229. The molecule has 0 N–H and O–H groups in total. The van der Waals surface area contributed by atoms with Gasteiger partial charge < -0.3 is 9.47 Å². The van der Waals surface area contributed by atoms with Crippen LogP contribution in [0.25, 0.3) is 0 Å². The number of ether oxygens (including phenoxy) is 2. The molecule has 0 bridgehead atoms. The van der Waals surface area contributed by atoms with Gasteiger partial charge in [-0.05, 0) is 52.4 Å². The van der Waals surface area contributed by atoms with Crippen molar-refractivity contribution >= 4 is 0 Å². The molecule has 0 unspecified atom stereocenters. The molecule has 1 fully saturated rings. The van der Waals surface area contributed by atoms with Gasteiger partial charge in [-0.25, -0.2) is 0 Å². The van der Waals surface area contributed by atoms with Gasteiger partial charge in [0, 0.05) is 14.2 Å². The molecular formula is C12H24O2. The Labute approximate surface area is 88.0 Å². The average molecular weight is 200 g/mol. The summed E-state index contributed by atoms with van der Waals surface area (Å²) in [6.45, 7) is 6.59. The number of rotatable bonds is 3. The minimum absolute atomic E-state index is 0.0229. The molecule has 1 rings (SSSR count). The van der Waals surface area contributed by atoms with E-state index in [1.807, 2.05) is 14.2 Å². The van der Waals surface area contributed by atoms with Crippen molar-refractivity contribution in [3.8, 4) is 0 Å². The average Bonchev–Trinajstić information content (AvgIpc) is 2.19. The first-order chi connectivity index (χ1) is 6.43. The molecule has 1 aliphatic carbocycles. The Morgan fingerprint density at radius 3 is 2.00 bits per heavy atom. The van der Waals surface area contributed by atoms with Gasteiger partial charge in [0.15, 0.2) is 0 Å². The van der Waals surface area contributed by atoms with Crippen LogP contribution in [-0.2, 0) is 9.47 Å². The molecule has 1 aliphatic rings. The van der Waals surface area contributed by atoms with E-state index < -0.39 is 0 Å². The van der Waals surface area contributed by atoms with E-state index in [0.717, 1.165) is 12.8 Å². The third-order valence-electron chi connectivity index (χ3n) is 4.05. The van der Waals surface area contributed by atoms with Crippen LogP contribution in [0.1, 0.15) is 46.5 Å². The molecule has 84 valence electrons. The van der Waals surface area contributed by atoms with Crippen LogP contribution in [0.2, 0.25) is 0 Å². The summed E-state index contributed by atoms with van der Waals surface area (Å²) in [6, 6.07) is 0. The van der Waals surface area contributed by atoms with Crippen LogP contribution in [0, 0.1) is 5.92 Å². The topological polar surface area (TPSA) is 18.5 Å². The lowest BCUT2D eigenvalue weighted by Crippen LogP contribution is -2.41. The van der Waals surface area contributed by atoms with E-state index in [4.69, 9.17) is 9.47 Å². The van der Waals surface area contributed by atoms with E-state index in [0.29, 0.717) is 5.92 Å². The second kappa shape index (κ2) is 4.19. The minimum Gasteiger partial charge on any atom is -0.379 e. The highest BCUT2D eigenvalue weighted by atomic mass is 16.5. The lowest BCUT2D eigenvalue weighted by Gasteiger charge is -2.42. The van der Waals surface area contributed by atoms with Gasteiger partial charge in [-0.15, -0.1) is 0 Å². The second-order valence-electron chi connectivity index (χ2n) is 5.24. The Hall–Kier alpha value is -0.0800. The Balaban J connectivity index is 2.51. The van der Waals surface area contributed by atoms with Crippen LogP contribution in [0.4, 0.5) is 0 Å². The third kappa shape index (κ3) is 2.48. The van der Waals surface area contributed by atoms with Gasteiger partial charge in [-0.1, -0.05) is 0 Å². The van der Waals surface area contributed by atoms with Gasteiger partial charge in [-0.3, -0.25) is 0 Å². The summed E-state index contributed by atoms with van der Waals surface area (Å²) in [5.74, 6) is 0.677. The zero-order valence-electron chi connectivity index (χ0n) is 10.2. The van der Waals surface area contributed by atoms with Crippen molar-refractivity contribution in [2.24, 2.45) is 5.92 Å². The molecule has 0 spiro atoms. The van der Waals surface area contributed by atoms with E-state index in [1.54, 1.807) is 0 Å². The van der Waals surface area contributed by atoms with Gasteiger partial charge in [0.25, 0.3) is 0 Å². The first-order valence-corrected chi connectivity index (χ1v) is 5.54. The second-order valence-corrected chi connectivity index (χ2v) is 5.24. The predicted octanol–water partition coefficient (Wildman–Crippen LogP) is 3.01. The fourth-order valence-electron chi connectivity index (χ4n) is 2.29. The number of hydrogen-bond acceptors (Lipinski definition) is 2. The first kappa shape index (κ1) is 12.0. The highest BCUT2D eigenvalue weighted by Gasteiger charge is 2.37. The highest BCUT2D eigenvalue weighted by molar-refractivity contribution is 4.89. The van der Waals surface area contributed by atoms with Gasteiger partial charge in [0.1, 0.15) is 0 Å². The summed E-state index contributed by atoms with van der Waals surface area (Å²) >= 11 is 0. The normalized spacial score (nSPS) is 34.5. The largest absolute Gasteiger partial charge is 0.379 e. The molecule has 0 aromatic heterocycles. The maximum absolute atomic E-state index is 5.54. The maximum atomic E-state index is 5.54. The van der Waals surface area contributed by atoms with Crippen molar-refractivity contribution in [1.29, 1.82) is 0 Å². The van der Waals surface area contributed by atoms with Crippen LogP contribution >= 0.6 is 0 Å². The van der Waals surface area contributed by atoms with Crippen LogP contribution in [0.5, 0.6) is 0 Å². The summed E-state index contributed by atoms with van der Waals surface area (Å²) in [6.07, 6.45) is 4.73. The third-order valence-corrected chi connectivity index (χ3v) is 4.05. The van der Waals surface area contributed by atoms with Crippen molar-refractivity contribution in [2.45, 2.75) is 57.7 Å². The maximum Gasteiger partial charge on any atom is 0.0651 e. The van der Waals surface area contributed by atoms with Crippen molar-refractivity contribution in [2.75, 3.05) is 14.2 Å². The summed E-state index contributed by atoms with van der Waals surface area (Å²) < 4.78 is 11.1. The molecule has 2 nitrogen and oxygen atoms in total. The predicted molar refractivity (Wildman–Crippen MR) is 58.5 cm³/mol. The van der Waals surface area contributed by atoms with Crippen LogP contribution in [-0.4, -0.2) is 25.4 Å². The Kier molecular flexibility index (Phi) is 3.59. The van der Waals surface area contributed by atoms with E-state index >= 15 is 0 Å². The van der Waals surface area contributed by atoms with Crippen molar-refractivity contribution in [3.05, 3.63) is 0 Å². The Bertz CT molecular complexity index is 179. The molecule has 0 radical (unpaired) electrons. The molecule has 0 aliphatic heterocycles. The summed E-state index contributed by atoms with van der Waals surface area (Å²) in [5.41, 5.74) is 0.134. The summed E-state index contributed by atoms with van der Waals surface area (Å²) in [4.78, 5) is 0. The lowest BCUT2D eigenvalue weighted by atomic mass is 9.73. The standard InChI is InChI=1S/C12H24O2/c1-11(2,13-4)10-6-8-12(3,14-5)9-7-10/h10H,6-9H2,1-5H3/t10-,12-. The van der Waals surface area contributed by atoms with Crippen LogP contribution < -0.4 is 0 Å². The molecule has 0 aromatic rings. The molecule has 2 heteroatoms. The number of hydrogen-bond donors (Lipinski definition) is 0. The highest BCUT2D eigenvalue weighted by Crippen LogP contribution is 2.39. The SMILES string of the molecule is COC(C)(C)[C@H]1CC[C@](C)(OC)CC1. The Morgan fingerprint density at radius 2 is 1.64 bits per heavy atom. The van der Waals surface area contributed by atoms with Crippen LogP contribution in [0.3, 0.4) is 0 Å². The van der Waals surface area contributed by atoms with Gasteiger partial charge >= 0.3 is 0 Å². The van der Waals surface area contributed by atoms with Crippen molar-refractivity contribution in [3.63, 3.8) is 0 Å². The molecule has 0 heterocycles. The monoisotopic (exact) mass is 200 g/mol. The zero-order chi connectivity index (χ0) is 10.8.